The van der Waals surface area contributed by atoms with Crippen molar-refractivity contribution in [3.63, 3.8) is 0 Å². The quantitative estimate of drug-likeness (QED) is 0.784. The molecule has 0 N–H and O–H groups in total. The zero-order valence-corrected chi connectivity index (χ0v) is 11.1. The van der Waals surface area contributed by atoms with Crippen molar-refractivity contribution in [2.24, 2.45) is 0 Å². The van der Waals surface area contributed by atoms with Crippen molar-refractivity contribution in [1.29, 1.82) is 0 Å². The van der Waals surface area contributed by atoms with E-state index in [-0.39, 0.29) is 0 Å². The van der Waals surface area contributed by atoms with Gasteiger partial charge in [0, 0.05) is 5.69 Å². The lowest BCUT2D eigenvalue weighted by Crippen LogP contribution is -1.99. The van der Waals surface area contributed by atoms with Crippen molar-refractivity contribution in [3.8, 4) is 5.69 Å². The van der Waals surface area contributed by atoms with Crippen molar-refractivity contribution in [2.45, 2.75) is 40.5 Å². The second kappa shape index (κ2) is 4.74. The predicted octanol–water partition coefficient (Wildman–Crippen LogP) is 3.61. The number of nitrogens with zero attached hydrogens (tertiary/aromatic N) is 2. The van der Waals surface area contributed by atoms with E-state index in [0.717, 1.165) is 24.2 Å². The monoisotopic (exact) mass is 228 g/mol. The summed E-state index contributed by atoms with van der Waals surface area (Å²) in [5, 5.41) is 4.62. The highest BCUT2D eigenvalue weighted by Crippen LogP contribution is 2.18. The number of benzene rings is 1. The Morgan fingerprint density at radius 3 is 2.12 bits per heavy atom. The van der Waals surface area contributed by atoms with E-state index in [1.54, 1.807) is 0 Å². The lowest BCUT2D eigenvalue weighted by Gasteiger charge is -2.05. The number of aromatic nitrogens is 2. The molecule has 0 aliphatic rings. The van der Waals surface area contributed by atoms with Gasteiger partial charge in [0.15, 0.2) is 0 Å². The standard InChI is InChI=1S/C15H20N2/c1-5-13-7-9-14(10-8-13)17-12(4)15(6-2)11(3)16-17/h7-10H,5-6H2,1-4H3. The number of hydrogen-bond acceptors (Lipinski definition) is 1. The molecule has 0 aliphatic heterocycles. The SMILES string of the molecule is CCc1ccc(-n2nc(C)c(CC)c2C)cc1. The zero-order chi connectivity index (χ0) is 12.4. The zero-order valence-electron chi connectivity index (χ0n) is 11.1. The summed E-state index contributed by atoms with van der Waals surface area (Å²) in [7, 11) is 0. The minimum Gasteiger partial charge on any atom is -0.238 e. The molecule has 0 saturated heterocycles. The molecule has 1 heterocycles. The highest BCUT2D eigenvalue weighted by molar-refractivity contribution is 5.38. The van der Waals surface area contributed by atoms with Gasteiger partial charge in [-0.15, -0.1) is 0 Å². The van der Waals surface area contributed by atoms with E-state index in [2.05, 4.69) is 57.1 Å². The van der Waals surface area contributed by atoms with Crippen LogP contribution in [0.15, 0.2) is 24.3 Å². The Kier molecular flexibility index (Phi) is 3.32. The van der Waals surface area contributed by atoms with Crippen LogP contribution in [-0.2, 0) is 12.8 Å². The second-order valence-electron chi connectivity index (χ2n) is 4.43. The summed E-state index contributed by atoms with van der Waals surface area (Å²) in [6, 6.07) is 8.66. The van der Waals surface area contributed by atoms with E-state index in [1.165, 1.54) is 16.8 Å². The molecule has 0 unspecified atom stereocenters. The van der Waals surface area contributed by atoms with Gasteiger partial charge in [-0.1, -0.05) is 26.0 Å². The molecule has 0 aliphatic carbocycles. The average Bonchev–Trinajstić information content (AvgIpc) is 2.64. The largest absolute Gasteiger partial charge is 0.238 e. The minimum absolute atomic E-state index is 1.05. The molecule has 2 rings (SSSR count). The van der Waals surface area contributed by atoms with Gasteiger partial charge >= 0.3 is 0 Å². The predicted molar refractivity (Wildman–Crippen MR) is 71.8 cm³/mol. The Labute approximate surface area is 103 Å². The first-order chi connectivity index (χ1) is 8.17. The molecule has 90 valence electrons. The van der Waals surface area contributed by atoms with E-state index in [1.807, 2.05) is 4.68 Å². The van der Waals surface area contributed by atoms with Gasteiger partial charge in [0.1, 0.15) is 0 Å². The van der Waals surface area contributed by atoms with E-state index in [9.17, 15) is 0 Å². The van der Waals surface area contributed by atoms with Crippen LogP contribution in [0.4, 0.5) is 0 Å². The van der Waals surface area contributed by atoms with Gasteiger partial charge in [-0.2, -0.15) is 5.10 Å². The normalized spacial score (nSPS) is 10.8. The lowest BCUT2D eigenvalue weighted by atomic mass is 10.1. The lowest BCUT2D eigenvalue weighted by molar-refractivity contribution is 0.831. The minimum atomic E-state index is 1.05. The maximum atomic E-state index is 4.62. The van der Waals surface area contributed by atoms with E-state index >= 15 is 0 Å². The molecular weight excluding hydrogens is 208 g/mol. The third-order valence-corrected chi connectivity index (χ3v) is 3.38. The third kappa shape index (κ3) is 2.12. The van der Waals surface area contributed by atoms with Crippen LogP contribution in [-0.4, -0.2) is 9.78 Å². The fourth-order valence-electron chi connectivity index (χ4n) is 2.31. The first kappa shape index (κ1) is 11.9. The molecule has 2 heteroatoms. The maximum Gasteiger partial charge on any atom is 0.0649 e. The van der Waals surface area contributed by atoms with Crippen LogP contribution in [0, 0.1) is 13.8 Å². The van der Waals surface area contributed by atoms with Gasteiger partial charge in [-0.25, -0.2) is 4.68 Å². The summed E-state index contributed by atoms with van der Waals surface area (Å²) in [4.78, 5) is 0. The van der Waals surface area contributed by atoms with E-state index in [0.29, 0.717) is 0 Å². The molecule has 0 spiro atoms. The molecule has 2 aromatic rings. The first-order valence-electron chi connectivity index (χ1n) is 6.31. The van der Waals surface area contributed by atoms with Crippen LogP contribution >= 0.6 is 0 Å². The molecule has 0 amide bonds. The van der Waals surface area contributed by atoms with Crippen LogP contribution in [0.3, 0.4) is 0 Å². The number of hydrogen-bond donors (Lipinski definition) is 0. The highest BCUT2D eigenvalue weighted by atomic mass is 15.3. The van der Waals surface area contributed by atoms with Crippen LogP contribution in [0.1, 0.15) is 36.4 Å². The number of aryl methyl sites for hydroxylation is 2. The summed E-state index contributed by atoms with van der Waals surface area (Å²) in [6.07, 6.45) is 2.13. The molecule has 1 aromatic heterocycles. The Hall–Kier alpha value is -1.57. The molecule has 0 radical (unpaired) electrons. The Bertz CT molecular complexity index is 506. The smallest absolute Gasteiger partial charge is 0.0649 e. The van der Waals surface area contributed by atoms with Crippen molar-refractivity contribution in [2.75, 3.05) is 0 Å². The molecule has 0 fully saturated rings. The molecule has 0 atom stereocenters. The first-order valence-corrected chi connectivity index (χ1v) is 6.31. The fraction of sp³-hybridized carbons (Fsp3) is 0.400. The molecular formula is C15H20N2. The van der Waals surface area contributed by atoms with Crippen molar-refractivity contribution < 1.29 is 0 Å². The fourth-order valence-corrected chi connectivity index (χ4v) is 2.31. The van der Waals surface area contributed by atoms with Crippen molar-refractivity contribution in [3.05, 3.63) is 46.8 Å². The van der Waals surface area contributed by atoms with Crippen molar-refractivity contribution >= 4 is 0 Å². The summed E-state index contributed by atoms with van der Waals surface area (Å²) in [6.45, 7) is 8.59. The summed E-state index contributed by atoms with van der Waals surface area (Å²) >= 11 is 0. The van der Waals surface area contributed by atoms with E-state index < -0.39 is 0 Å². The highest BCUT2D eigenvalue weighted by Gasteiger charge is 2.10. The number of rotatable bonds is 3. The van der Waals surface area contributed by atoms with Crippen LogP contribution in [0.25, 0.3) is 5.69 Å². The third-order valence-electron chi connectivity index (χ3n) is 3.38. The van der Waals surface area contributed by atoms with Gasteiger partial charge in [0.05, 0.1) is 11.4 Å². The summed E-state index contributed by atoms with van der Waals surface area (Å²) < 4.78 is 2.05. The Morgan fingerprint density at radius 1 is 1.00 bits per heavy atom. The molecule has 17 heavy (non-hydrogen) atoms. The Balaban J connectivity index is 2.45. The average molecular weight is 228 g/mol. The van der Waals surface area contributed by atoms with Crippen LogP contribution < -0.4 is 0 Å². The topological polar surface area (TPSA) is 17.8 Å². The maximum absolute atomic E-state index is 4.62. The Morgan fingerprint density at radius 2 is 1.65 bits per heavy atom. The van der Waals surface area contributed by atoms with Gasteiger partial charge in [0.25, 0.3) is 0 Å². The van der Waals surface area contributed by atoms with Gasteiger partial charge in [0.2, 0.25) is 0 Å². The molecule has 0 bridgehead atoms. The van der Waals surface area contributed by atoms with Gasteiger partial charge < -0.3 is 0 Å². The second-order valence-corrected chi connectivity index (χ2v) is 4.43. The molecule has 1 aromatic carbocycles. The summed E-state index contributed by atoms with van der Waals surface area (Å²) in [5.41, 5.74) is 6.29. The molecule has 0 saturated carbocycles. The van der Waals surface area contributed by atoms with Crippen LogP contribution in [0.2, 0.25) is 0 Å². The summed E-state index contributed by atoms with van der Waals surface area (Å²) in [5.74, 6) is 0. The van der Waals surface area contributed by atoms with E-state index in [4.69, 9.17) is 0 Å². The van der Waals surface area contributed by atoms with Gasteiger partial charge in [-0.3, -0.25) is 0 Å². The van der Waals surface area contributed by atoms with Crippen LogP contribution in [0.5, 0.6) is 0 Å². The molecule has 2 nitrogen and oxygen atoms in total. The van der Waals surface area contributed by atoms with Gasteiger partial charge in [-0.05, 0) is 49.9 Å². The van der Waals surface area contributed by atoms with Crippen molar-refractivity contribution in [1.82, 2.24) is 9.78 Å².